The van der Waals surface area contributed by atoms with Gasteiger partial charge in [0.25, 0.3) is 11.5 Å². The number of aliphatic hydroxyl groups is 1. The van der Waals surface area contributed by atoms with E-state index in [9.17, 15) is 14.7 Å². The van der Waals surface area contributed by atoms with Crippen molar-refractivity contribution in [2.45, 2.75) is 38.2 Å². The summed E-state index contributed by atoms with van der Waals surface area (Å²) in [6.45, 7) is 0.206. The van der Waals surface area contributed by atoms with Crippen LogP contribution in [-0.4, -0.2) is 28.6 Å². The van der Waals surface area contributed by atoms with Crippen LogP contribution in [0.25, 0.3) is 0 Å². The lowest BCUT2D eigenvalue weighted by Crippen LogP contribution is -2.38. The van der Waals surface area contributed by atoms with Gasteiger partial charge in [-0.2, -0.15) is 0 Å². The Bertz CT molecular complexity index is 478. The molecule has 0 spiro atoms. The van der Waals surface area contributed by atoms with Gasteiger partial charge in [0.1, 0.15) is 5.56 Å². The number of amides is 1. The number of aromatic nitrogens is 1. The van der Waals surface area contributed by atoms with Gasteiger partial charge in [-0.05, 0) is 30.9 Å². The highest BCUT2D eigenvalue weighted by Crippen LogP contribution is 2.26. The van der Waals surface area contributed by atoms with E-state index >= 15 is 0 Å². The van der Waals surface area contributed by atoms with E-state index in [1.165, 1.54) is 18.7 Å². The maximum Gasteiger partial charge on any atom is 0.260 e. The molecule has 0 aromatic carbocycles. The van der Waals surface area contributed by atoms with E-state index in [1.54, 1.807) is 6.07 Å². The summed E-state index contributed by atoms with van der Waals surface area (Å²) in [5.74, 6) is -0.167. The molecule has 1 aromatic rings. The van der Waals surface area contributed by atoms with Crippen molar-refractivity contribution in [3.63, 3.8) is 0 Å². The van der Waals surface area contributed by atoms with E-state index in [0.717, 1.165) is 25.7 Å². The molecule has 1 aliphatic carbocycles. The van der Waals surface area contributed by atoms with Crippen LogP contribution >= 0.6 is 0 Å². The first kappa shape index (κ1) is 13.8. The SMILES string of the molecule is O=C(NCC(O)C1CCCCC1)c1ccc[nH]c1=O. The average molecular weight is 264 g/mol. The van der Waals surface area contributed by atoms with Crippen LogP contribution in [0.5, 0.6) is 0 Å². The smallest absolute Gasteiger partial charge is 0.260 e. The molecule has 1 aliphatic rings. The molecule has 19 heavy (non-hydrogen) atoms. The molecule has 1 atom stereocenters. The van der Waals surface area contributed by atoms with Gasteiger partial charge in [0, 0.05) is 12.7 Å². The third-order valence-corrected chi connectivity index (χ3v) is 3.73. The summed E-state index contributed by atoms with van der Waals surface area (Å²) >= 11 is 0. The van der Waals surface area contributed by atoms with Crippen molar-refractivity contribution in [2.24, 2.45) is 5.92 Å². The largest absolute Gasteiger partial charge is 0.391 e. The van der Waals surface area contributed by atoms with E-state index in [1.807, 2.05) is 0 Å². The minimum Gasteiger partial charge on any atom is -0.391 e. The fourth-order valence-corrected chi connectivity index (χ4v) is 2.58. The van der Waals surface area contributed by atoms with Crippen molar-refractivity contribution in [2.75, 3.05) is 6.54 Å². The number of carbonyl (C=O) groups is 1. The van der Waals surface area contributed by atoms with Crippen LogP contribution in [0.4, 0.5) is 0 Å². The molecule has 1 fully saturated rings. The Hall–Kier alpha value is -1.62. The van der Waals surface area contributed by atoms with E-state index < -0.39 is 17.6 Å². The van der Waals surface area contributed by atoms with E-state index in [-0.39, 0.29) is 18.0 Å². The lowest BCUT2D eigenvalue weighted by atomic mass is 9.85. The van der Waals surface area contributed by atoms with Crippen LogP contribution in [-0.2, 0) is 0 Å². The molecule has 2 rings (SSSR count). The van der Waals surface area contributed by atoms with E-state index in [2.05, 4.69) is 10.3 Å². The number of aromatic amines is 1. The molecule has 1 amide bonds. The van der Waals surface area contributed by atoms with Crippen molar-refractivity contribution in [3.8, 4) is 0 Å². The Balaban J connectivity index is 1.86. The van der Waals surface area contributed by atoms with Crippen LogP contribution in [0, 0.1) is 5.92 Å². The predicted octanol–water partition coefficient (Wildman–Crippen LogP) is 1.05. The van der Waals surface area contributed by atoms with Crippen LogP contribution in [0.3, 0.4) is 0 Å². The zero-order chi connectivity index (χ0) is 13.7. The molecule has 104 valence electrons. The zero-order valence-corrected chi connectivity index (χ0v) is 10.9. The van der Waals surface area contributed by atoms with Gasteiger partial charge in [-0.3, -0.25) is 9.59 Å². The van der Waals surface area contributed by atoms with Gasteiger partial charge in [0.15, 0.2) is 0 Å². The monoisotopic (exact) mass is 264 g/mol. The first-order valence-electron chi connectivity index (χ1n) is 6.82. The molecule has 1 unspecified atom stereocenters. The molecule has 0 bridgehead atoms. The summed E-state index contributed by atoms with van der Waals surface area (Å²) < 4.78 is 0. The van der Waals surface area contributed by atoms with Gasteiger partial charge in [-0.15, -0.1) is 0 Å². The number of nitrogens with one attached hydrogen (secondary N) is 2. The molecule has 0 radical (unpaired) electrons. The van der Waals surface area contributed by atoms with Crippen LogP contribution in [0.15, 0.2) is 23.1 Å². The van der Waals surface area contributed by atoms with E-state index in [4.69, 9.17) is 0 Å². The number of hydrogen-bond acceptors (Lipinski definition) is 3. The Morgan fingerprint density at radius 1 is 1.42 bits per heavy atom. The third-order valence-electron chi connectivity index (χ3n) is 3.73. The number of aliphatic hydroxyl groups excluding tert-OH is 1. The Morgan fingerprint density at radius 3 is 2.84 bits per heavy atom. The van der Waals surface area contributed by atoms with Crippen molar-refractivity contribution in [3.05, 3.63) is 34.2 Å². The standard InChI is InChI=1S/C14H20N2O3/c17-12(10-5-2-1-3-6-10)9-16-14(19)11-7-4-8-15-13(11)18/h4,7-8,10,12,17H,1-3,5-6,9H2,(H,15,18)(H,16,19). The van der Waals surface area contributed by atoms with Crippen molar-refractivity contribution >= 4 is 5.91 Å². The molecule has 0 saturated heterocycles. The summed E-state index contributed by atoms with van der Waals surface area (Å²) in [5, 5.41) is 12.7. The predicted molar refractivity (Wildman–Crippen MR) is 72.0 cm³/mol. The number of pyridine rings is 1. The van der Waals surface area contributed by atoms with Gasteiger partial charge in [0.2, 0.25) is 0 Å². The second-order valence-corrected chi connectivity index (χ2v) is 5.09. The highest BCUT2D eigenvalue weighted by Gasteiger charge is 2.22. The molecule has 5 nitrogen and oxygen atoms in total. The third kappa shape index (κ3) is 3.67. The van der Waals surface area contributed by atoms with Crippen molar-refractivity contribution < 1.29 is 9.90 Å². The zero-order valence-electron chi connectivity index (χ0n) is 10.9. The lowest BCUT2D eigenvalue weighted by molar-refractivity contribution is 0.0737. The topological polar surface area (TPSA) is 82.2 Å². The Kier molecular flexibility index (Phi) is 4.74. The first-order valence-corrected chi connectivity index (χ1v) is 6.82. The summed E-state index contributed by atoms with van der Waals surface area (Å²) in [5.41, 5.74) is -0.328. The van der Waals surface area contributed by atoms with Gasteiger partial charge < -0.3 is 15.4 Å². The highest BCUT2D eigenvalue weighted by atomic mass is 16.3. The first-order chi connectivity index (χ1) is 9.18. The Labute approximate surface area is 112 Å². The molecule has 1 aromatic heterocycles. The maximum absolute atomic E-state index is 11.8. The number of carbonyl (C=O) groups excluding carboxylic acids is 1. The summed E-state index contributed by atoms with van der Waals surface area (Å²) in [6, 6.07) is 3.08. The molecule has 1 heterocycles. The molecule has 0 aliphatic heterocycles. The molecular formula is C14H20N2O3. The van der Waals surface area contributed by atoms with Gasteiger partial charge in [-0.1, -0.05) is 19.3 Å². The van der Waals surface area contributed by atoms with Gasteiger partial charge in [0.05, 0.1) is 6.10 Å². The normalized spacial score (nSPS) is 17.9. The van der Waals surface area contributed by atoms with Crippen molar-refractivity contribution in [1.82, 2.24) is 10.3 Å². The number of rotatable bonds is 4. The summed E-state index contributed by atoms with van der Waals surface area (Å²) in [4.78, 5) is 25.7. The molecule has 3 N–H and O–H groups in total. The lowest BCUT2D eigenvalue weighted by Gasteiger charge is -2.26. The fourth-order valence-electron chi connectivity index (χ4n) is 2.58. The fraction of sp³-hybridized carbons (Fsp3) is 0.571. The molecular weight excluding hydrogens is 244 g/mol. The quantitative estimate of drug-likeness (QED) is 0.760. The summed E-state index contributed by atoms with van der Waals surface area (Å²) in [6.07, 6.45) is 6.52. The van der Waals surface area contributed by atoms with Gasteiger partial charge >= 0.3 is 0 Å². The summed E-state index contributed by atoms with van der Waals surface area (Å²) in [7, 11) is 0. The number of hydrogen-bond donors (Lipinski definition) is 3. The number of H-pyrrole nitrogens is 1. The molecule has 5 heteroatoms. The second kappa shape index (κ2) is 6.52. The highest BCUT2D eigenvalue weighted by molar-refractivity contribution is 5.93. The van der Waals surface area contributed by atoms with Crippen LogP contribution < -0.4 is 10.9 Å². The second-order valence-electron chi connectivity index (χ2n) is 5.09. The van der Waals surface area contributed by atoms with Crippen LogP contribution in [0.2, 0.25) is 0 Å². The average Bonchev–Trinajstić information content (AvgIpc) is 2.46. The minimum atomic E-state index is -0.521. The van der Waals surface area contributed by atoms with Crippen LogP contribution in [0.1, 0.15) is 42.5 Å². The van der Waals surface area contributed by atoms with Gasteiger partial charge in [-0.25, -0.2) is 0 Å². The Morgan fingerprint density at radius 2 is 2.16 bits per heavy atom. The minimum absolute atomic E-state index is 0.0818. The molecule has 1 saturated carbocycles. The van der Waals surface area contributed by atoms with E-state index in [0.29, 0.717) is 0 Å². The maximum atomic E-state index is 11.8. The van der Waals surface area contributed by atoms with Crippen molar-refractivity contribution in [1.29, 1.82) is 0 Å².